The number of carbonyl (C=O) groups is 1. The van der Waals surface area contributed by atoms with Crippen LogP contribution in [0.25, 0.3) is 10.8 Å². The van der Waals surface area contributed by atoms with Crippen molar-refractivity contribution in [2.75, 3.05) is 5.32 Å². The van der Waals surface area contributed by atoms with E-state index in [1.165, 1.54) is 10.9 Å². The third kappa shape index (κ3) is 5.55. The molecule has 4 aromatic rings. The molecule has 0 aliphatic rings. The number of fused-ring (bicyclic) bond motifs is 1. The summed E-state index contributed by atoms with van der Waals surface area (Å²) in [5, 5.41) is 9.39. The van der Waals surface area contributed by atoms with Crippen molar-refractivity contribution in [2.45, 2.75) is 45.6 Å². The number of nitrogens with one attached hydrogen (secondary N) is 1. The zero-order chi connectivity index (χ0) is 25.0. The molecule has 0 aliphatic heterocycles. The van der Waals surface area contributed by atoms with Gasteiger partial charge in [0.15, 0.2) is 0 Å². The van der Waals surface area contributed by atoms with Gasteiger partial charge in [0.2, 0.25) is 0 Å². The molecule has 0 saturated carbocycles. The number of benzene rings is 3. The normalized spacial score (nSPS) is 12.0. The number of carbonyl (C=O) groups excluding carboxylic acids is 1. The Morgan fingerprint density at radius 1 is 1.06 bits per heavy atom. The van der Waals surface area contributed by atoms with Crippen molar-refractivity contribution < 1.29 is 9.53 Å². The molecule has 5 heteroatoms. The molecule has 1 amide bonds. The first-order valence-corrected chi connectivity index (χ1v) is 11.9. The standard InChI is InChI=1S/C30H31N3O2/c1-6-30(3,4)27-17-16-24-18-22(12-14-25(24)19-27)13-15-26-20-31-33(5)28(26)32-29(34)35-21(2)23-10-8-7-9-11-23/h7-12,14,16-21H,6H2,1-5H3,(H,32,34)/t21-/m1/s1. The lowest BCUT2D eigenvalue weighted by atomic mass is 9.81. The number of ether oxygens (including phenoxy) is 1. The van der Waals surface area contributed by atoms with E-state index >= 15 is 0 Å². The lowest BCUT2D eigenvalue weighted by Crippen LogP contribution is -2.18. The summed E-state index contributed by atoms with van der Waals surface area (Å²) in [6.45, 7) is 8.59. The summed E-state index contributed by atoms with van der Waals surface area (Å²) >= 11 is 0. The molecule has 4 rings (SSSR count). The van der Waals surface area contributed by atoms with Crippen LogP contribution in [0.5, 0.6) is 0 Å². The zero-order valence-electron chi connectivity index (χ0n) is 20.9. The van der Waals surface area contributed by atoms with Crippen molar-refractivity contribution in [1.29, 1.82) is 0 Å². The van der Waals surface area contributed by atoms with Crippen LogP contribution in [0.15, 0.2) is 72.9 Å². The van der Waals surface area contributed by atoms with Gasteiger partial charge in [-0.1, -0.05) is 87.2 Å². The lowest BCUT2D eigenvalue weighted by molar-refractivity contribution is 0.121. The molecule has 0 aliphatic carbocycles. The van der Waals surface area contributed by atoms with Crippen molar-refractivity contribution in [2.24, 2.45) is 7.05 Å². The van der Waals surface area contributed by atoms with Crippen LogP contribution in [0.1, 0.15) is 62.5 Å². The maximum atomic E-state index is 12.5. The average Bonchev–Trinajstić information content (AvgIpc) is 3.21. The number of aryl methyl sites for hydroxylation is 1. The van der Waals surface area contributed by atoms with Gasteiger partial charge in [-0.05, 0) is 52.8 Å². The molecule has 3 aromatic carbocycles. The molecule has 0 spiro atoms. The minimum Gasteiger partial charge on any atom is -0.441 e. The van der Waals surface area contributed by atoms with Crippen LogP contribution in [-0.2, 0) is 17.2 Å². The molecular weight excluding hydrogens is 434 g/mol. The minimum atomic E-state index is -0.551. The molecule has 0 unspecified atom stereocenters. The fourth-order valence-corrected chi connectivity index (χ4v) is 3.84. The Morgan fingerprint density at radius 3 is 2.51 bits per heavy atom. The molecule has 178 valence electrons. The number of hydrogen-bond donors (Lipinski definition) is 1. The van der Waals surface area contributed by atoms with Gasteiger partial charge >= 0.3 is 6.09 Å². The number of amides is 1. The first-order valence-electron chi connectivity index (χ1n) is 11.9. The van der Waals surface area contributed by atoms with E-state index in [1.807, 2.05) is 43.3 Å². The predicted molar refractivity (Wildman–Crippen MR) is 141 cm³/mol. The largest absolute Gasteiger partial charge is 0.441 e. The van der Waals surface area contributed by atoms with E-state index in [0.717, 1.165) is 22.9 Å². The summed E-state index contributed by atoms with van der Waals surface area (Å²) in [5.74, 6) is 6.85. The first-order chi connectivity index (χ1) is 16.8. The van der Waals surface area contributed by atoms with Crippen LogP contribution in [0.2, 0.25) is 0 Å². The maximum absolute atomic E-state index is 12.5. The second-order valence-electron chi connectivity index (χ2n) is 9.38. The number of rotatable bonds is 5. The van der Waals surface area contributed by atoms with Gasteiger partial charge in [-0.25, -0.2) is 4.79 Å². The number of anilines is 1. The van der Waals surface area contributed by atoms with Gasteiger partial charge in [0.25, 0.3) is 0 Å². The summed E-state index contributed by atoms with van der Waals surface area (Å²) < 4.78 is 7.11. The first kappa shape index (κ1) is 24.1. The zero-order valence-corrected chi connectivity index (χ0v) is 20.9. The van der Waals surface area contributed by atoms with Gasteiger partial charge in [0.05, 0.1) is 11.8 Å². The molecule has 0 bridgehead atoms. The Balaban J connectivity index is 1.51. The smallest absolute Gasteiger partial charge is 0.413 e. The van der Waals surface area contributed by atoms with Crippen LogP contribution >= 0.6 is 0 Å². The van der Waals surface area contributed by atoms with Crippen LogP contribution in [-0.4, -0.2) is 15.9 Å². The molecule has 0 radical (unpaired) electrons. The van der Waals surface area contributed by atoms with Crippen molar-refractivity contribution in [3.8, 4) is 11.8 Å². The van der Waals surface area contributed by atoms with E-state index in [-0.39, 0.29) is 11.5 Å². The molecular formula is C30H31N3O2. The third-order valence-corrected chi connectivity index (χ3v) is 6.56. The van der Waals surface area contributed by atoms with E-state index in [2.05, 4.69) is 73.4 Å². The van der Waals surface area contributed by atoms with Crippen LogP contribution in [0.4, 0.5) is 10.6 Å². The van der Waals surface area contributed by atoms with E-state index in [1.54, 1.807) is 17.9 Å². The van der Waals surface area contributed by atoms with Crippen molar-refractivity contribution >= 4 is 22.7 Å². The SMILES string of the molecule is CCC(C)(C)c1ccc2cc(C#Cc3cnn(C)c3NC(=O)O[C@H](C)c3ccccc3)ccc2c1. The highest BCUT2D eigenvalue weighted by Gasteiger charge is 2.18. The van der Waals surface area contributed by atoms with E-state index in [4.69, 9.17) is 4.74 Å². The summed E-state index contributed by atoms with van der Waals surface area (Å²) in [7, 11) is 1.76. The van der Waals surface area contributed by atoms with Gasteiger partial charge in [0.1, 0.15) is 11.9 Å². The van der Waals surface area contributed by atoms with Gasteiger partial charge in [0, 0.05) is 12.6 Å². The second kappa shape index (κ2) is 10.1. The fraction of sp³-hybridized carbons (Fsp3) is 0.267. The maximum Gasteiger partial charge on any atom is 0.413 e. The third-order valence-electron chi connectivity index (χ3n) is 6.56. The average molecular weight is 466 g/mol. The van der Waals surface area contributed by atoms with Crippen LogP contribution in [0, 0.1) is 11.8 Å². The molecule has 35 heavy (non-hydrogen) atoms. The summed E-state index contributed by atoms with van der Waals surface area (Å²) in [4.78, 5) is 12.5. The van der Waals surface area contributed by atoms with E-state index in [0.29, 0.717) is 11.4 Å². The summed E-state index contributed by atoms with van der Waals surface area (Å²) in [6, 6.07) is 22.5. The lowest BCUT2D eigenvalue weighted by Gasteiger charge is -2.23. The highest BCUT2D eigenvalue weighted by molar-refractivity contribution is 5.86. The number of hydrogen-bond acceptors (Lipinski definition) is 3. The predicted octanol–water partition coefficient (Wildman–Crippen LogP) is 6.97. The molecule has 5 nitrogen and oxygen atoms in total. The second-order valence-corrected chi connectivity index (χ2v) is 9.38. The Hall–Kier alpha value is -4.04. The highest BCUT2D eigenvalue weighted by atomic mass is 16.6. The molecule has 0 saturated heterocycles. The molecule has 0 fully saturated rings. The van der Waals surface area contributed by atoms with Gasteiger partial charge in [-0.2, -0.15) is 5.10 Å². The Bertz CT molecular complexity index is 1410. The van der Waals surface area contributed by atoms with E-state index in [9.17, 15) is 4.79 Å². The number of aromatic nitrogens is 2. The molecule has 1 heterocycles. The molecule has 1 N–H and O–H groups in total. The van der Waals surface area contributed by atoms with Crippen LogP contribution in [0.3, 0.4) is 0 Å². The molecule has 1 aromatic heterocycles. The molecule has 1 atom stereocenters. The van der Waals surface area contributed by atoms with Crippen molar-refractivity contribution in [3.05, 3.63) is 95.2 Å². The van der Waals surface area contributed by atoms with E-state index < -0.39 is 6.09 Å². The quantitative estimate of drug-likeness (QED) is 0.324. The number of nitrogens with zero attached hydrogens (tertiary/aromatic N) is 2. The monoisotopic (exact) mass is 465 g/mol. The van der Waals surface area contributed by atoms with Crippen LogP contribution < -0.4 is 5.32 Å². The van der Waals surface area contributed by atoms with Crippen molar-refractivity contribution in [3.63, 3.8) is 0 Å². The topological polar surface area (TPSA) is 56.2 Å². The van der Waals surface area contributed by atoms with Crippen molar-refractivity contribution in [1.82, 2.24) is 9.78 Å². The fourth-order valence-electron chi connectivity index (χ4n) is 3.84. The van der Waals surface area contributed by atoms with Gasteiger partial charge in [-0.3, -0.25) is 10.00 Å². The Kier molecular flexibility index (Phi) is 6.93. The highest BCUT2D eigenvalue weighted by Crippen LogP contribution is 2.29. The minimum absolute atomic E-state index is 0.149. The van der Waals surface area contributed by atoms with Gasteiger partial charge < -0.3 is 4.74 Å². The Morgan fingerprint density at radius 2 is 1.77 bits per heavy atom. The Labute approximate surface area is 207 Å². The van der Waals surface area contributed by atoms with Gasteiger partial charge in [-0.15, -0.1) is 0 Å². The summed E-state index contributed by atoms with van der Waals surface area (Å²) in [5.41, 5.74) is 3.93. The summed E-state index contributed by atoms with van der Waals surface area (Å²) in [6.07, 6.45) is 1.80.